The molecule has 0 aliphatic heterocycles. The molecule has 0 aliphatic carbocycles. The quantitative estimate of drug-likeness (QED) is 0.758. The predicted molar refractivity (Wildman–Crippen MR) is 79.3 cm³/mol. The molecule has 2 aromatic carbocycles. The molecule has 1 nitrogen and oxygen atoms in total. The molecule has 94 valence electrons. The molecular formula is C17H14OS. The second-order valence-electron chi connectivity index (χ2n) is 4.42. The van der Waals surface area contributed by atoms with E-state index in [-0.39, 0.29) is 0 Å². The highest BCUT2D eigenvalue weighted by Gasteiger charge is 2.34. The van der Waals surface area contributed by atoms with Gasteiger partial charge in [-0.25, -0.2) is 0 Å². The third-order valence-corrected chi connectivity index (χ3v) is 4.24. The second kappa shape index (κ2) is 5.00. The van der Waals surface area contributed by atoms with Crippen LogP contribution in [0, 0.1) is 0 Å². The zero-order valence-corrected chi connectivity index (χ0v) is 11.2. The minimum Gasteiger partial charge on any atom is -0.375 e. The molecule has 2 heteroatoms. The minimum absolute atomic E-state index is 0.892. The van der Waals surface area contributed by atoms with Gasteiger partial charge in [0.1, 0.15) is 5.60 Å². The molecule has 0 atom stereocenters. The van der Waals surface area contributed by atoms with Crippen molar-refractivity contribution in [2.45, 2.75) is 5.60 Å². The van der Waals surface area contributed by atoms with E-state index in [1.165, 1.54) is 0 Å². The van der Waals surface area contributed by atoms with E-state index in [0.717, 1.165) is 16.0 Å². The highest BCUT2D eigenvalue weighted by atomic mass is 32.1. The first-order valence-corrected chi connectivity index (χ1v) is 7.07. The molecule has 0 amide bonds. The third kappa shape index (κ3) is 2.09. The van der Waals surface area contributed by atoms with E-state index in [1.807, 2.05) is 78.2 Å². The Hall–Kier alpha value is -1.90. The Morgan fingerprint density at radius 3 is 1.63 bits per heavy atom. The van der Waals surface area contributed by atoms with Crippen LogP contribution >= 0.6 is 11.3 Å². The van der Waals surface area contributed by atoms with Crippen molar-refractivity contribution in [1.29, 1.82) is 0 Å². The van der Waals surface area contributed by atoms with Gasteiger partial charge in [0, 0.05) is 4.88 Å². The number of benzene rings is 2. The van der Waals surface area contributed by atoms with Gasteiger partial charge < -0.3 is 5.11 Å². The zero-order chi connectivity index (χ0) is 13.1. The molecule has 0 unspecified atom stereocenters. The van der Waals surface area contributed by atoms with Crippen molar-refractivity contribution in [3.8, 4) is 0 Å². The van der Waals surface area contributed by atoms with Crippen LogP contribution in [0.4, 0.5) is 0 Å². The normalized spacial score (nSPS) is 11.4. The Balaban J connectivity index is 2.23. The Labute approximate surface area is 116 Å². The summed E-state index contributed by atoms with van der Waals surface area (Å²) in [6, 6.07) is 23.6. The fraction of sp³-hybridized carbons (Fsp3) is 0.0588. The Morgan fingerprint density at radius 1 is 0.684 bits per heavy atom. The zero-order valence-electron chi connectivity index (χ0n) is 10.4. The van der Waals surface area contributed by atoms with E-state index >= 15 is 0 Å². The van der Waals surface area contributed by atoms with Gasteiger partial charge in [-0.2, -0.15) is 0 Å². The van der Waals surface area contributed by atoms with E-state index in [0.29, 0.717) is 0 Å². The van der Waals surface area contributed by atoms with Crippen LogP contribution in [0.15, 0.2) is 78.2 Å². The number of hydrogen-bond donors (Lipinski definition) is 1. The third-order valence-electron chi connectivity index (χ3n) is 3.26. The first-order chi connectivity index (χ1) is 9.32. The largest absolute Gasteiger partial charge is 0.375 e. The van der Waals surface area contributed by atoms with Crippen molar-refractivity contribution in [1.82, 2.24) is 0 Å². The van der Waals surface area contributed by atoms with Gasteiger partial charge in [-0.15, -0.1) is 11.3 Å². The fourth-order valence-corrected chi connectivity index (χ4v) is 3.16. The molecule has 0 fully saturated rings. The van der Waals surface area contributed by atoms with Crippen LogP contribution < -0.4 is 0 Å². The molecule has 3 rings (SSSR count). The molecule has 0 bridgehead atoms. The van der Waals surface area contributed by atoms with Crippen LogP contribution in [0.1, 0.15) is 16.0 Å². The van der Waals surface area contributed by atoms with Gasteiger partial charge in [0.05, 0.1) is 0 Å². The molecule has 1 aromatic heterocycles. The molecule has 1 N–H and O–H groups in total. The number of hydrogen-bond acceptors (Lipinski definition) is 2. The molecule has 0 spiro atoms. The molecule has 1 heterocycles. The number of rotatable bonds is 3. The SMILES string of the molecule is OC(c1ccccc1)(c1ccccc1)c1cccs1. The second-order valence-corrected chi connectivity index (χ2v) is 5.37. The van der Waals surface area contributed by atoms with Crippen LogP contribution in [0.25, 0.3) is 0 Å². The number of thiophene rings is 1. The summed E-state index contributed by atoms with van der Waals surface area (Å²) in [5.74, 6) is 0. The fourth-order valence-electron chi connectivity index (χ4n) is 2.29. The first kappa shape index (κ1) is 12.2. The molecular weight excluding hydrogens is 252 g/mol. The Bertz CT molecular complexity index is 590. The van der Waals surface area contributed by atoms with Gasteiger partial charge >= 0.3 is 0 Å². The average Bonchev–Trinajstić information content (AvgIpc) is 3.03. The molecule has 0 radical (unpaired) electrons. The standard InChI is InChI=1S/C17H14OS/c18-17(16-12-7-13-19-16,14-8-3-1-4-9-14)15-10-5-2-6-11-15/h1-13,18H. The van der Waals surface area contributed by atoms with Gasteiger partial charge in [-0.1, -0.05) is 66.7 Å². The van der Waals surface area contributed by atoms with Crippen molar-refractivity contribution in [3.63, 3.8) is 0 Å². The summed E-state index contributed by atoms with van der Waals surface area (Å²) < 4.78 is 0. The van der Waals surface area contributed by atoms with Crippen molar-refractivity contribution in [2.75, 3.05) is 0 Å². The molecule has 0 aliphatic rings. The monoisotopic (exact) mass is 266 g/mol. The smallest absolute Gasteiger partial charge is 0.149 e. The lowest BCUT2D eigenvalue weighted by Crippen LogP contribution is -2.27. The van der Waals surface area contributed by atoms with Gasteiger partial charge in [-0.3, -0.25) is 0 Å². The average molecular weight is 266 g/mol. The topological polar surface area (TPSA) is 20.2 Å². The van der Waals surface area contributed by atoms with Crippen LogP contribution in [-0.2, 0) is 5.60 Å². The predicted octanol–water partition coefficient (Wildman–Crippen LogP) is 4.03. The van der Waals surface area contributed by atoms with Gasteiger partial charge in [0.25, 0.3) is 0 Å². The van der Waals surface area contributed by atoms with E-state index in [2.05, 4.69) is 0 Å². The van der Waals surface area contributed by atoms with Crippen molar-refractivity contribution >= 4 is 11.3 Å². The molecule has 0 saturated carbocycles. The Morgan fingerprint density at radius 2 is 1.21 bits per heavy atom. The highest BCUT2D eigenvalue weighted by Crippen LogP contribution is 2.38. The van der Waals surface area contributed by atoms with Gasteiger partial charge in [0.15, 0.2) is 0 Å². The minimum atomic E-state index is -1.07. The van der Waals surface area contributed by atoms with E-state index in [1.54, 1.807) is 11.3 Å². The number of aliphatic hydroxyl groups is 1. The lowest BCUT2D eigenvalue weighted by atomic mass is 9.85. The van der Waals surface area contributed by atoms with E-state index in [4.69, 9.17) is 0 Å². The van der Waals surface area contributed by atoms with E-state index in [9.17, 15) is 5.11 Å². The Kier molecular flexibility index (Phi) is 3.20. The summed E-state index contributed by atoms with van der Waals surface area (Å²) in [5, 5.41) is 13.3. The van der Waals surface area contributed by atoms with Crippen LogP contribution in [0.3, 0.4) is 0 Å². The summed E-state index contributed by atoms with van der Waals surface area (Å²) in [6.07, 6.45) is 0. The summed E-state index contributed by atoms with van der Waals surface area (Å²) in [4.78, 5) is 0.935. The molecule has 0 saturated heterocycles. The van der Waals surface area contributed by atoms with Gasteiger partial charge in [-0.05, 0) is 22.6 Å². The maximum absolute atomic E-state index is 11.3. The molecule has 3 aromatic rings. The lowest BCUT2D eigenvalue weighted by Gasteiger charge is -2.28. The maximum Gasteiger partial charge on any atom is 0.149 e. The van der Waals surface area contributed by atoms with Crippen LogP contribution in [-0.4, -0.2) is 5.11 Å². The van der Waals surface area contributed by atoms with E-state index < -0.39 is 5.60 Å². The van der Waals surface area contributed by atoms with Crippen LogP contribution in [0.2, 0.25) is 0 Å². The first-order valence-electron chi connectivity index (χ1n) is 6.19. The maximum atomic E-state index is 11.3. The molecule has 19 heavy (non-hydrogen) atoms. The lowest BCUT2D eigenvalue weighted by molar-refractivity contribution is 0.129. The van der Waals surface area contributed by atoms with Crippen molar-refractivity contribution < 1.29 is 5.11 Å². The van der Waals surface area contributed by atoms with Crippen molar-refractivity contribution in [2.24, 2.45) is 0 Å². The summed E-state index contributed by atoms with van der Waals surface area (Å²) in [7, 11) is 0. The summed E-state index contributed by atoms with van der Waals surface area (Å²) in [5.41, 5.74) is 0.712. The van der Waals surface area contributed by atoms with Crippen molar-refractivity contribution in [3.05, 3.63) is 94.2 Å². The summed E-state index contributed by atoms with van der Waals surface area (Å²) in [6.45, 7) is 0. The van der Waals surface area contributed by atoms with Crippen LogP contribution in [0.5, 0.6) is 0 Å². The highest BCUT2D eigenvalue weighted by molar-refractivity contribution is 7.10. The van der Waals surface area contributed by atoms with Gasteiger partial charge in [0.2, 0.25) is 0 Å². The summed E-state index contributed by atoms with van der Waals surface area (Å²) >= 11 is 1.57.